The average molecular weight is 359 g/mol. The van der Waals surface area contributed by atoms with Crippen molar-refractivity contribution in [3.63, 3.8) is 0 Å². The minimum atomic E-state index is -3.73. The molecule has 0 aliphatic heterocycles. The number of benzene rings is 1. The van der Waals surface area contributed by atoms with Gasteiger partial charge >= 0.3 is 5.92 Å². The molecule has 0 spiro atoms. The first-order valence-corrected chi connectivity index (χ1v) is 7.82. The molecule has 0 aliphatic carbocycles. The van der Waals surface area contributed by atoms with Gasteiger partial charge in [-0.25, -0.2) is 4.68 Å². The second-order valence-corrected chi connectivity index (χ2v) is 5.39. The highest BCUT2D eigenvalue weighted by molar-refractivity contribution is 5.86. The number of aromatic nitrogens is 5. The number of carbonyl (C=O) groups excluding carboxylic acids is 1. The van der Waals surface area contributed by atoms with Gasteiger partial charge in [0.2, 0.25) is 5.78 Å². The van der Waals surface area contributed by atoms with Gasteiger partial charge in [0.05, 0.1) is 6.61 Å². The van der Waals surface area contributed by atoms with Gasteiger partial charge in [-0.2, -0.15) is 8.78 Å². The minimum Gasteiger partial charge on any atom is -0.494 e. The number of rotatable bonds is 7. The highest BCUT2D eigenvalue weighted by atomic mass is 19.3. The minimum absolute atomic E-state index is 0.559. The van der Waals surface area contributed by atoms with Gasteiger partial charge in [-0.15, -0.1) is 5.10 Å². The Morgan fingerprint density at radius 3 is 2.46 bits per heavy atom. The zero-order valence-corrected chi connectivity index (χ0v) is 13.8. The molecule has 0 bridgehead atoms. The molecule has 1 aromatic carbocycles. The Kier molecular flexibility index (Phi) is 4.97. The SMILES string of the molecule is CCOc1ccc(-c2ccc(C(F)(F)C(=O)Cn3cnnn3)nc2)cc1. The molecule has 9 heteroatoms. The second kappa shape index (κ2) is 7.34. The molecular formula is C17H15F2N5O2. The van der Waals surface area contributed by atoms with Crippen molar-refractivity contribution in [2.75, 3.05) is 6.61 Å². The summed E-state index contributed by atoms with van der Waals surface area (Å²) in [6.07, 6.45) is 2.40. The largest absolute Gasteiger partial charge is 0.494 e. The summed E-state index contributed by atoms with van der Waals surface area (Å²) in [5, 5.41) is 10.0. The Bertz CT molecular complexity index is 865. The van der Waals surface area contributed by atoms with Crippen molar-refractivity contribution in [3.05, 3.63) is 54.6 Å². The van der Waals surface area contributed by atoms with Crippen molar-refractivity contribution in [2.24, 2.45) is 0 Å². The number of alkyl halides is 2. The lowest BCUT2D eigenvalue weighted by molar-refractivity contribution is -0.145. The van der Waals surface area contributed by atoms with Crippen molar-refractivity contribution in [1.29, 1.82) is 0 Å². The topological polar surface area (TPSA) is 82.8 Å². The molecule has 26 heavy (non-hydrogen) atoms. The van der Waals surface area contributed by atoms with Crippen LogP contribution in [0.3, 0.4) is 0 Å². The maximum absolute atomic E-state index is 14.3. The summed E-state index contributed by atoms with van der Waals surface area (Å²) in [6, 6.07) is 9.83. The van der Waals surface area contributed by atoms with E-state index in [9.17, 15) is 13.6 Å². The van der Waals surface area contributed by atoms with Crippen LogP contribution in [-0.4, -0.2) is 37.6 Å². The summed E-state index contributed by atoms with van der Waals surface area (Å²) in [4.78, 5) is 15.6. The molecule has 0 saturated carbocycles. The van der Waals surface area contributed by atoms with E-state index in [1.54, 1.807) is 12.1 Å². The van der Waals surface area contributed by atoms with Crippen LogP contribution in [0.1, 0.15) is 12.6 Å². The predicted octanol–water partition coefficient (Wildman–Crippen LogP) is 2.49. The number of pyridine rings is 1. The van der Waals surface area contributed by atoms with Gasteiger partial charge in [-0.1, -0.05) is 18.2 Å². The Hall–Kier alpha value is -3.23. The van der Waals surface area contributed by atoms with E-state index in [-0.39, 0.29) is 0 Å². The van der Waals surface area contributed by atoms with Crippen molar-refractivity contribution >= 4 is 5.78 Å². The first kappa shape index (κ1) is 17.6. The highest BCUT2D eigenvalue weighted by Gasteiger charge is 2.42. The third-order valence-electron chi connectivity index (χ3n) is 3.63. The fraction of sp³-hybridized carbons (Fsp3) is 0.235. The number of Topliss-reactive ketones (excluding diaryl/α,β-unsaturated/α-hetero) is 1. The molecule has 0 atom stereocenters. The lowest BCUT2D eigenvalue weighted by atomic mass is 10.1. The number of tetrazole rings is 1. The fourth-order valence-corrected chi connectivity index (χ4v) is 2.30. The van der Waals surface area contributed by atoms with Gasteiger partial charge in [-0.3, -0.25) is 9.78 Å². The third-order valence-corrected chi connectivity index (χ3v) is 3.63. The van der Waals surface area contributed by atoms with Crippen molar-refractivity contribution in [1.82, 2.24) is 25.2 Å². The summed E-state index contributed by atoms with van der Waals surface area (Å²) >= 11 is 0. The molecule has 2 heterocycles. The van der Waals surface area contributed by atoms with Gasteiger partial charge in [-0.05, 0) is 41.1 Å². The summed E-state index contributed by atoms with van der Waals surface area (Å²) in [6.45, 7) is 1.81. The number of hydrogen-bond acceptors (Lipinski definition) is 6. The van der Waals surface area contributed by atoms with Crippen LogP contribution in [0.5, 0.6) is 5.75 Å². The fourth-order valence-electron chi connectivity index (χ4n) is 2.30. The summed E-state index contributed by atoms with van der Waals surface area (Å²) < 4.78 is 34.9. The number of carbonyl (C=O) groups is 1. The van der Waals surface area contributed by atoms with E-state index >= 15 is 0 Å². The first-order chi connectivity index (χ1) is 12.5. The molecule has 3 aromatic rings. The average Bonchev–Trinajstić information content (AvgIpc) is 3.16. The Morgan fingerprint density at radius 2 is 1.88 bits per heavy atom. The molecule has 0 fully saturated rings. The summed E-state index contributed by atoms with van der Waals surface area (Å²) in [5.74, 6) is -4.35. The normalized spacial score (nSPS) is 11.3. The predicted molar refractivity (Wildman–Crippen MR) is 87.6 cm³/mol. The van der Waals surface area contributed by atoms with E-state index in [0.717, 1.165) is 28.4 Å². The summed E-state index contributed by atoms with van der Waals surface area (Å²) in [7, 11) is 0. The number of ether oxygens (including phenoxy) is 1. The van der Waals surface area contributed by atoms with Crippen LogP contribution >= 0.6 is 0 Å². The van der Waals surface area contributed by atoms with Crippen LogP contribution in [0, 0.1) is 0 Å². The van der Waals surface area contributed by atoms with Gasteiger partial charge in [0.25, 0.3) is 0 Å². The van der Waals surface area contributed by atoms with E-state index in [2.05, 4.69) is 20.5 Å². The standard InChI is InChI=1S/C17H15F2N5O2/c1-2-26-14-6-3-12(4-7-14)13-5-8-15(20-9-13)17(18,19)16(25)10-24-11-21-22-23-24/h3-9,11H,2,10H2,1H3. The molecule has 0 saturated heterocycles. The van der Waals surface area contributed by atoms with Crippen LogP contribution in [0.25, 0.3) is 11.1 Å². The number of ketones is 1. The molecular weight excluding hydrogens is 344 g/mol. The van der Waals surface area contributed by atoms with Gasteiger partial charge in [0.15, 0.2) is 0 Å². The van der Waals surface area contributed by atoms with Gasteiger partial charge < -0.3 is 4.74 Å². The van der Waals surface area contributed by atoms with Crippen LogP contribution in [0.2, 0.25) is 0 Å². The Labute approximate surface area is 147 Å². The molecule has 0 aliphatic rings. The number of halogens is 2. The van der Waals surface area contributed by atoms with Crippen molar-refractivity contribution in [2.45, 2.75) is 19.4 Å². The second-order valence-electron chi connectivity index (χ2n) is 5.39. The maximum Gasteiger partial charge on any atom is 0.348 e. The van der Waals surface area contributed by atoms with Crippen LogP contribution in [0.4, 0.5) is 8.78 Å². The van der Waals surface area contributed by atoms with Crippen LogP contribution < -0.4 is 4.74 Å². The molecule has 0 amide bonds. The molecule has 0 radical (unpaired) electrons. The zero-order chi connectivity index (χ0) is 18.6. The van der Waals surface area contributed by atoms with Crippen molar-refractivity contribution < 1.29 is 18.3 Å². The molecule has 0 unspecified atom stereocenters. The molecule has 3 rings (SSSR count). The van der Waals surface area contributed by atoms with E-state index in [0.29, 0.717) is 12.2 Å². The van der Waals surface area contributed by atoms with Gasteiger partial charge in [0.1, 0.15) is 24.3 Å². The smallest absolute Gasteiger partial charge is 0.348 e. The van der Waals surface area contributed by atoms with E-state index in [1.807, 2.05) is 19.1 Å². The van der Waals surface area contributed by atoms with E-state index in [1.165, 1.54) is 12.3 Å². The summed E-state index contributed by atoms with van der Waals surface area (Å²) in [5.41, 5.74) is 0.835. The number of hydrogen-bond donors (Lipinski definition) is 0. The number of nitrogens with zero attached hydrogens (tertiary/aromatic N) is 5. The quantitative estimate of drug-likeness (QED) is 0.645. The van der Waals surface area contributed by atoms with Crippen LogP contribution in [-0.2, 0) is 17.3 Å². The lowest BCUT2D eigenvalue weighted by Crippen LogP contribution is -2.30. The van der Waals surface area contributed by atoms with Crippen molar-refractivity contribution in [3.8, 4) is 16.9 Å². The Balaban J connectivity index is 1.76. The van der Waals surface area contributed by atoms with Gasteiger partial charge in [0, 0.05) is 11.8 Å². The molecule has 134 valence electrons. The molecule has 7 nitrogen and oxygen atoms in total. The third kappa shape index (κ3) is 3.71. The molecule has 0 N–H and O–H groups in total. The first-order valence-electron chi connectivity index (χ1n) is 7.82. The zero-order valence-electron chi connectivity index (χ0n) is 13.8. The monoisotopic (exact) mass is 359 g/mol. The Morgan fingerprint density at radius 1 is 1.15 bits per heavy atom. The van der Waals surface area contributed by atoms with E-state index < -0.39 is 23.9 Å². The van der Waals surface area contributed by atoms with E-state index in [4.69, 9.17) is 4.74 Å². The maximum atomic E-state index is 14.3. The highest BCUT2D eigenvalue weighted by Crippen LogP contribution is 2.30. The van der Waals surface area contributed by atoms with Crippen LogP contribution in [0.15, 0.2) is 48.9 Å². The molecule has 2 aromatic heterocycles. The lowest BCUT2D eigenvalue weighted by Gasteiger charge is -2.14.